The van der Waals surface area contributed by atoms with Gasteiger partial charge in [-0.3, -0.25) is 4.79 Å². The summed E-state index contributed by atoms with van der Waals surface area (Å²) in [5, 5.41) is 4.09. The third-order valence-electron chi connectivity index (χ3n) is 4.29. The fourth-order valence-electron chi connectivity index (χ4n) is 3.06. The van der Waals surface area contributed by atoms with Crippen LogP contribution in [0.5, 0.6) is 5.75 Å². The zero-order valence-corrected chi connectivity index (χ0v) is 14.1. The first-order chi connectivity index (χ1) is 12.2. The van der Waals surface area contributed by atoms with Crippen LogP contribution in [0.25, 0.3) is 0 Å². The van der Waals surface area contributed by atoms with E-state index < -0.39 is 6.10 Å². The highest BCUT2D eigenvalue weighted by Gasteiger charge is 2.39. The number of carbonyl (C=O) groups excluding carboxylic acids is 1. The standard InChI is InChI=1S/C21H16ClNO2/c22-15-10-12-16(13-11-15)23-19-17-8-4-5-9-18(17)25-21(19)20(24)14-6-2-1-3-7-14/h1-13,19,21,23H. The molecule has 0 amide bonds. The SMILES string of the molecule is O=C(c1ccccc1)C1Oc2ccccc2C1Nc1ccc(Cl)cc1. The molecule has 1 N–H and O–H groups in total. The molecule has 1 aliphatic rings. The summed E-state index contributed by atoms with van der Waals surface area (Å²) in [5.74, 6) is 0.700. The molecular formula is C21H16ClNO2. The van der Waals surface area contributed by atoms with Crippen molar-refractivity contribution in [1.29, 1.82) is 0 Å². The Morgan fingerprint density at radius 1 is 0.880 bits per heavy atom. The van der Waals surface area contributed by atoms with E-state index in [0.29, 0.717) is 10.6 Å². The van der Waals surface area contributed by atoms with Crippen LogP contribution in [0.3, 0.4) is 0 Å². The fraction of sp³-hybridized carbons (Fsp3) is 0.0952. The van der Waals surface area contributed by atoms with Gasteiger partial charge in [0.25, 0.3) is 0 Å². The van der Waals surface area contributed by atoms with Crippen molar-refractivity contribution in [3.63, 3.8) is 0 Å². The number of halogens is 1. The van der Waals surface area contributed by atoms with Crippen molar-refractivity contribution in [2.24, 2.45) is 0 Å². The molecule has 4 rings (SSSR count). The van der Waals surface area contributed by atoms with Gasteiger partial charge in [-0.1, -0.05) is 60.1 Å². The normalized spacial score (nSPS) is 18.3. The number of carbonyl (C=O) groups is 1. The highest BCUT2D eigenvalue weighted by atomic mass is 35.5. The van der Waals surface area contributed by atoms with Crippen LogP contribution in [0, 0.1) is 0 Å². The minimum absolute atomic E-state index is 0.0386. The van der Waals surface area contributed by atoms with E-state index in [9.17, 15) is 4.79 Å². The lowest BCUT2D eigenvalue weighted by atomic mass is 9.96. The third-order valence-corrected chi connectivity index (χ3v) is 4.55. The highest BCUT2D eigenvalue weighted by molar-refractivity contribution is 6.30. The number of ether oxygens (including phenoxy) is 1. The van der Waals surface area contributed by atoms with E-state index in [2.05, 4.69) is 5.32 Å². The van der Waals surface area contributed by atoms with Gasteiger partial charge in [0.1, 0.15) is 5.75 Å². The van der Waals surface area contributed by atoms with Crippen LogP contribution in [0.15, 0.2) is 78.9 Å². The van der Waals surface area contributed by atoms with Gasteiger partial charge in [0.15, 0.2) is 6.10 Å². The molecule has 25 heavy (non-hydrogen) atoms. The molecule has 2 atom stereocenters. The van der Waals surface area contributed by atoms with E-state index in [-0.39, 0.29) is 11.8 Å². The van der Waals surface area contributed by atoms with E-state index in [1.54, 1.807) is 0 Å². The number of rotatable bonds is 4. The quantitative estimate of drug-likeness (QED) is 0.663. The molecule has 3 aromatic rings. The molecule has 0 aliphatic carbocycles. The average Bonchev–Trinajstić information content (AvgIpc) is 3.02. The summed E-state index contributed by atoms with van der Waals surface area (Å²) in [6.45, 7) is 0. The number of anilines is 1. The van der Waals surface area contributed by atoms with E-state index in [1.807, 2.05) is 78.9 Å². The van der Waals surface area contributed by atoms with E-state index in [4.69, 9.17) is 16.3 Å². The van der Waals surface area contributed by atoms with Gasteiger partial charge in [-0.2, -0.15) is 0 Å². The Hall–Kier alpha value is -2.78. The Kier molecular flexibility index (Phi) is 4.16. The predicted octanol–water partition coefficient (Wildman–Crippen LogP) is 5.14. The van der Waals surface area contributed by atoms with E-state index >= 15 is 0 Å². The van der Waals surface area contributed by atoms with Gasteiger partial charge in [0, 0.05) is 21.8 Å². The van der Waals surface area contributed by atoms with Crippen molar-refractivity contribution in [3.8, 4) is 5.75 Å². The maximum atomic E-state index is 13.0. The molecule has 4 heteroatoms. The molecule has 1 heterocycles. The number of Topliss-reactive ketones (excluding diaryl/α,β-unsaturated/α-hetero) is 1. The monoisotopic (exact) mass is 349 g/mol. The molecule has 3 aromatic carbocycles. The molecule has 2 unspecified atom stereocenters. The number of benzene rings is 3. The molecule has 0 saturated carbocycles. The van der Waals surface area contributed by atoms with Crippen molar-refractivity contribution in [2.75, 3.05) is 5.32 Å². The smallest absolute Gasteiger partial charge is 0.205 e. The van der Waals surface area contributed by atoms with Crippen LogP contribution in [-0.4, -0.2) is 11.9 Å². The Bertz CT molecular complexity index is 893. The minimum atomic E-state index is -0.615. The zero-order valence-electron chi connectivity index (χ0n) is 13.4. The van der Waals surface area contributed by atoms with Gasteiger partial charge in [-0.15, -0.1) is 0 Å². The van der Waals surface area contributed by atoms with Crippen LogP contribution < -0.4 is 10.1 Å². The minimum Gasteiger partial charge on any atom is -0.479 e. The van der Waals surface area contributed by atoms with E-state index in [1.165, 1.54) is 0 Å². The number of hydrogen-bond acceptors (Lipinski definition) is 3. The Balaban J connectivity index is 1.68. The summed E-state index contributed by atoms with van der Waals surface area (Å²) in [5.41, 5.74) is 2.51. The third kappa shape index (κ3) is 3.11. The Labute approximate surface area is 151 Å². The number of fused-ring (bicyclic) bond motifs is 1. The zero-order chi connectivity index (χ0) is 17.2. The van der Waals surface area contributed by atoms with Gasteiger partial charge >= 0.3 is 0 Å². The molecule has 3 nitrogen and oxygen atoms in total. The summed E-state index contributed by atoms with van der Waals surface area (Å²) < 4.78 is 5.99. The molecule has 0 fully saturated rings. The molecule has 0 bridgehead atoms. The van der Waals surface area contributed by atoms with Crippen LogP contribution in [-0.2, 0) is 0 Å². The second-order valence-corrected chi connectivity index (χ2v) is 6.37. The van der Waals surface area contributed by atoms with Crippen molar-refractivity contribution >= 4 is 23.1 Å². The number of nitrogens with one attached hydrogen (secondary N) is 1. The highest BCUT2D eigenvalue weighted by Crippen LogP contribution is 2.39. The van der Waals surface area contributed by atoms with Crippen molar-refractivity contribution in [1.82, 2.24) is 0 Å². The molecule has 124 valence electrons. The predicted molar refractivity (Wildman–Crippen MR) is 99.4 cm³/mol. The maximum Gasteiger partial charge on any atom is 0.205 e. The lowest BCUT2D eigenvalue weighted by molar-refractivity contribution is 0.0802. The summed E-state index contributed by atoms with van der Waals surface area (Å²) in [4.78, 5) is 13.0. The number of para-hydroxylation sites is 1. The first-order valence-electron chi connectivity index (χ1n) is 8.09. The lowest BCUT2D eigenvalue weighted by Crippen LogP contribution is -2.33. The fourth-order valence-corrected chi connectivity index (χ4v) is 3.19. The van der Waals surface area contributed by atoms with E-state index in [0.717, 1.165) is 17.0 Å². The maximum absolute atomic E-state index is 13.0. The van der Waals surface area contributed by atoms with Crippen LogP contribution in [0.2, 0.25) is 5.02 Å². The Morgan fingerprint density at radius 3 is 2.32 bits per heavy atom. The second kappa shape index (κ2) is 6.61. The molecule has 1 aliphatic heterocycles. The van der Waals surface area contributed by atoms with Crippen LogP contribution in [0.4, 0.5) is 5.69 Å². The summed E-state index contributed by atoms with van der Waals surface area (Å²) in [7, 11) is 0. The van der Waals surface area contributed by atoms with Crippen LogP contribution in [0.1, 0.15) is 22.0 Å². The summed E-state index contributed by atoms with van der Waals surface area (Å²) >= 11 is 5.96. The summed E-state index contributed by atoms with van der Waals surface area (Å²) in [6, 6.07) is 24.2. The summed E-state index contributed by atoms with van der Waals surface area (Å²) in [6.07, 6.45) is -0.615. The second-order valence-electron chi connectivity index (χ2n) is 5.94. The molecule has 0 saturated heterocycles. The molecule has 0 radical (unpaired) electrons. The lowest BCUT2D eigenvalue weighted by Gasteiger charge is -2.20. The van der Waals surface area contributed by atoms with Gasteiger partial charge in [0.2, 0.25) is 5.78 Å². The first-order valence-corrected chi connectivity index (χ1v) is 8.47. The number of ketones is 1. The van der Waals surface area contributed by atoms with Gasteiger partial charge in [0.05, 0.1) is 6.04 Å². The topological polar surface area (TPSA) is 38.3 Å². The van der Waals surface area contributed by atoms with Crippen molar-refractivity contribution in [3.05, 3.63) is 95.0 Å². The van der Waals surface area contributed by atoms with Gasteiger partial charge < -0.3 is 10.1 Å². The molecule has 0 spiro atoms. The van der Waals surface area contributed by atoms with Gasteiger partial charge in [-0.25, -0.2) is 0 Å². The average molecular weight is 350 g/mol. The first kappa shape index (κ1) is 15.7. The van der Waals surface area contributed by atoms with Crippen molar-refractivity contribution in [2.45, 2.75) is 12.1 Å². The molecule has 0 aromatic heterocycles. The van der Waals surface area contributed by atoms with Gasteiger partial charge in [-0.05, 0) is 30.3 Å². The number of hydrogen-bond donors (Lipinski definition) is 1. The molecular weight excluding hydrogens is 334 g/mol. The van der Waals surface area contributed by atoms with Crippen molar-refractivity contribution < 1.29 is 9.53 Å². The largest absolute Gasteiger partial charge is 0.479 e. The van der Waals surface area contributed by atoms with Crippen LogP contribution >= 0.6 is 11.6 Å². The Morgan fingerprint density at radius 2 is 1.56 bits per heavy atom.